The van der Waals surface area contributed by atoms with Crippen molar-refractivity contribution in [3.63, 3.8) is 0 Å². The fourth-order valence-electron chi connectivity index (χ4n) is 2.35. The molecule has 0 N–H and O–H groups in total. The second-order valence-electron chi connectivity index (χ2n) is 4.07. The summed E-state index contributed by atoms with van der Waals surface area (Å²) in [4.78, 5) is 11.5. The molecule has 2 rings (SSSR count). The molecule has 1 aromatic carbocycles. The highest BCUT2D eigenvalue weighted by molar-refractivity contribution is 6.65. The molecule has 15 heavy (non-hydrogen) atoms. The molecule has 0 saturated heterocycles. The molecule has 0 bridgehead atoms. The van der Waals surface area contributed by atoms with E-state index in [1.807, 2.05) is 0 Å². The molecule has 0 aromatic heterocycles. The van der Waals surface area contributed by atoms with Crippen LogP contribution in [-0.4, -0.2) is 5.24 Å². The predicted molar refractivity (Wildman–Crippen MR) is 57.4 cm³/mol. The second kappa shape index (κ2) is 3.93. The van der Waals surface area contributed by atoms with Crippen molar-refractivity contribution >= 4 is 16.8 Å². The SMILES string of the molecule is O=C(Cl)C1(c2ccc(F)cc2)CCCC1. The van der Waals surface area contributed by atoms with Gasteiger partial charge in [-0.3, -0.25) is 4.79 Å². The van der Waals surface area contributed by atoms with E-state index in [1.165, 1.54) is 12.1 Å². The Labute approximate surface area is 93.2 Å². The minimum atomic E-state index is -0.560. The first-order valence-corrected chi connectivity index (χ1v) is 5.49. The van der Waals surface area contributed by atoms with Crippen molar-refractivity contribution in [1.82, 2.24) is 0 Å². The minimum Gasteiger partial charge on any atom is -0.280 e. The smallest absolute Gasteiger partial charge is 0.232 e. The molecule has 1 aromatic rings. The Morgan fingerprint density at radius 1 is 1.20 bits per heavy atom. The normalized spacial score (nSPS) is 19.1. The molecule has 0 unspecified atom stereocenters. The van der Waals surface area contributed by atoms with Crippen molar-refractivity contribution in [3.8, 4) is 0 Å². The van der Waals surface area contributed by atoms with Crippen LogP contribution < -0.4 is 0 Å². The summed E-state index contributed by atoms with van der Waals surface area (Å²) in [6.07, 6.45) is 3.58. The van der Waals surface area contributed by atoms with Crippen LogP contribution in [0.25, 0.3) is 0 Å². The quantitative estimate of drug-likeness (QED) is 0.707. The van der Waals surface area contributed by atoms with Crippen LogP contribution in [0.4, 0.5) is 4.39 Å². The molecule has 3 heteroatoms. The van der Waals surface area contributed by atoms with Crippen molar-refractivity contribution in [2.75, 3.05) is 0 Å². The molecule has 0 radical (unpaired) electrons. The average molecular weight is 227 g/mol. The van der Waals surface area contributed by atoms with Crippen molar-refractivity contribution in [2.24, 2.45) is 0 Å². The van der Waals surface area contributed by atoms with Crippen molar-refractivity contribution in [3.05, 3.63) is 35.6 Å². The van der Waals surface area contributed by atoms with Gasteiger partial charge in [-0.1, -0.05) is 25.0 Å². The average Bonchev–Trinajstić information content (AvgIpc) is 2.69. The van der Waals surface area contributed by atoms with Crippen molar-refractivity contribution < 1.29 is 9.18 Å². The number of benzene rings is 1. The molecule has 0 atom stereocenters. The Balaban J connectivity index is 2.41. The van der Waals surface area contributed by atoms with E-state index in [2.05, 4.69) is 0 Å². The summed E-state index contributed by atoms with van der Waals surface area (Å²) in [5.41, 5.74) is 0.288. The Hall–Kier alpha value is -0.890. The monoisotopic (exact) mass is 226 g/mol. The number of carbonyl (C=O) groups is 1. The Bertz CT molecular complexity index is 366. The lowest BCUT2D eigenvalue weighted by Gasteiger charge is -2.24. The van der Waals surface area contributed by atoms with Crippen LogP contribution in [0.1, 0.15) is 31.2 Å². The zero-order chi connectivity index (χ0) is 10.9. The van der Waals surface area contributed by atoms with E-state index < -0.39 is 5.41 Å². The summed E-state index contributed by atoms with van der Waals surface area (Å²) < 4.78 is 12.8. The Kier molecular flexibility index (Phi) is 2.79. The van der Waals surface area contributed by atoms with Crippen LogP contribution >= 0.6 is 11.6 Å². The zero-order valence-corrected chi connectivity index (χ0v) is 9.06. The number of rotatable bonds is 2. The van der Waals surface area contributed by atoms with E-state index in [1.54, 1.807) is 12.1 Å². The third-order valence-corrected chi connectivity index (χ3v) is 3.59. The summed E-state index contributed by atoms with van der Waals surface area (Å²) >= 11 is 5.68. The lowest BCUT2D eigenvalue weighted by Crippen LogP contribution is -2.29. The standard InChI is InChI=1S/C12H12ClFO/c13-11(15)12(7-1-2-8-12)9-3-5-10(14)6-4-9/h3-6H,1-2,7-8H2. The molecule has 0 heterocycles. The number of halogens is 2. The zero-order valence-electron chi connectivity index (χ0n) is 8.30. The molecule has 1 saturated carbocycles. The van der Waals surface area contributed by atoms with Crippen molar-refractivity contribution in [2.45, 2.75) is 31.1 Å². The minimum absolute atomic E-state index is 0.283. The largest absolute Gasteiger partial charge is 0.280 e. The first-order valence-electron chi connectivity index (χ1n) is 5.11. The second-order valence-corrected chi connectivity index (χ2v) is 4.41. The summed E-state index contributed by atoms with van der Waals surface area (Å²) in [6, 6.07) is 6.10. The van der Waals surface area contributed by atoms with E-state index in [4.69, 9.17) is 11.6 Å². The van der Waals surface area contributed by atoms with Crippen LogP contribution in [0.5, 0.6) is 0 Å². The third kappa shape index (κ3) is 1.78. The predicted octanol–water partition coefficient (Wildman–Crippen LogP) is 3.40. The maximum absolute atomic E-state index is 12.8. The molecule has 80 valence electrons. The Morgan fingerprint density at radius 3 is 2.20 bits per heavy atom. The van der Waals surface area contributed by atoms with Crippen molar-refractivity contribution in [1.29, 1.82) is 0 Å². The van der Waals surface area contributed by atoms with Crippen LogP contribution in [0.3, 0.4) is 0 Å². The summed E-state index contributed by atoms with van der Waals surface area (Å²) in [5, 5.41) is -0.313. The first kappa shape index (κ1) is 10.6. The van der Waals surface area contributed by atoms with Crippen LogP contribution in [0.2, 0.25) is 0 Å². The van der Waals surface area contributed by atoms with Gasteiger partial charge in [-0.15, -0.1) is 0 Å². The van der Waals surface area contributed by atoms with E-state index in [0.717, 1.165) is 31.2 Å². The molecule has 1 nitrogen and oxygen atoms in total. The van der Waals surface area contributed by atoms with Crippen LogP contribution in [-0.2, 0) is 10.2 Å². The highest BCUT2D eigenvalue weighted by atomic mass is 35.5. The van der Waals surface area contributed by atoms with Gasteiger partial charge in [0.25, 0.3) is 0 Å². The molecule has 1 aliphatic carbocycles. The summed E-state index contributed by atoms with van der Waals surface area (Å²) in [6.45, 7) is 0. The lowest BCUT2D eigenvalue weighted by atomic mass is 9.80. The van der Waals surface area contributed by atoms with Gasteiger partial charge in [0, 0.05) is 0 Å². The van der Waals surface area contributed by atoms with E-state index >= 15 is 0 Å². The fourth-order valence-corrected chi connectivity index (χ4v) is 2.64. The van der Waals surface area contributed by atoms with E-state index in [0.29, 0.717) is 0 Å². The third-order valence-electron chi connectivity index (χ3n) is 3.23. The summed E-state index contributed by atoms with van der Waals surface area (Å²) in [7, 11) is 0. The van der Waals surface area contributed by atoms with E-state index in [-0.39, 0.29) is 11.1 Å². The maximum Gasteiger partial charge on any atom is 0.232 e. The van der Waals surface area contributed by atoms with Gasteiger partial charge >= 0.3 is 0 Å². The van der Waals surface area contributed by atoms with Gasteiger partial charge in [-0.25, -0.2) is 4.39 Å². The van der Waals surface area contributed by atoms with E-state index in [9.17, 15) is 9.18 Å². The number of carbonyl (C=O) groups excluding carboxylic acids is 1. The highest BCUT2D eigenvalue weighted by Gasteiger charge is 2.41. The highest BCUT2D eigenvalue weighted by Crippen LogP contribution is 2.42. The van der Waals surface area contributed by atoms with Gasteiger partial charge in [0.15, 0.2) is 0 Å². The number of hydrogen-bond acceptors (Lipinski definition) is 1. The molecule has 0 spiro atoms. The topological polar surface area (TPSA) is 17.1 Å². The van der Waals surface area contributed by atoms with Gasteiger partial charge in [-0.2, -0.15) is 0 Å². The van der Waals surface area contributed by atoms with Gasteiger partial charge in [-0.05, 0) is 42.1 Å². The maximum atomic E-state index is 12.8. The van der Waals surface area contributed by atoms with Gasteiger partial charge in [0.05, 0.1) is 5.41 Å². The molecule has 1 aliphatic rings. The molecular formula is C12H12ClFO. The fraction of sp³-hybridized carbons (Fsp3) is 0.417. The van der Waals surface area contributed by atoms with Crippen LogP contribution in [0, 0.1) is 5.82 Å². The first-order chi connectivity index (χ1) is 7.15. The van der Waals surface area contributed by atoms with Crippen LogP contribution in [0.15, 0.2) is 24.3 Å². The molecule has 0 aliphatic heterocycles. The summed E-state index contributed by atoms with van der Waals surface area (Å²) in [5.74, 6) is -0.283. The molecular weight excluding hydrogens is 215 g/mol. The number of hydrogen-bond donors (Lipinski definition) is 0. The molecule has 1 fully saturated rings. The van der Waals surface area contributed by atoms with Gasteiger partial charge < -0.3 is 0 Å². The van der Waals surface area contributed by atoms with Gasteiger partial charge in [0.1, 0.15) is 5.82 Å². The Morgan fingerprint density at radius 2 is 1.73 bits per heavy atom. The molecule has 0 amide bonds. The van der Waals surface area contributed by atoms with Gasteiger partial charge in [0.2, 0.25) is 5.24 Å². The lowest BCUT2D eigenvalue weighted by molar-refractivity contribution is -0.116.